The van der Waals surface area contributed by atoms with Crippen molar-refractivity contribution < 1.29 is 5.11 Å². The van der Waals surface area contributed by atoms with Crippen molar-refractivity contribution >= 4 is 34.8 Å². The van der Waals surface area contributed by atoms with Gasteiger partial charge in [-0.2, -0.15) is 0 Å². The Morgan fingerprint density at radius 1 is 0.950 bits per heavy atom. The highest BCUT2D eigenvalue weighted by atomic mass is 35.5. The van der Waals surface area contributed by atoms with Crippen LogP contribution < -0.4 is 5.73 Å². The second-order valence-corrected chi connectivity index (χ2v) is 5.73. The summed E-state index contributed by atoms with van der Waals surface area (Å²) in [5.74, 6) is -0.348. The summed E-state index contributed by atoms with van der Waals surface area (Å²) in [5, 5.41) is 12.1. The summed E-state index contributed by atoms with van der Waals surface area (Å²) >= 11 is 18.3. The van der Waals surface area contributed by atoms with E-state index in [1.54, 1.807) is 24.3 Å². The van der Waals surface area contributed by atoms with Crippen LogP contribution in [0.3, 0.4) is 0 Å². The van der Waals surface area contributed by atoms with Crippen molar-refractivity contribution in [2.24, 2.45) is 5.73 Å². The number of halogens is 3. The predicted molar refractivity (Wildman–Crippen MR) is 84.7 cm³/mol. The van der Waals surface area contributed by atoms with Gasteiger partial charge >= 0.3 is 0 Å². The fourth-order valence-corrected chi connectivity index (χ4v) is 2.85. The van der Waals surface area contributed by atoms with Crippen LogP contribution in [0.25, 0.3) is 0 Å². The van der Waals surface area contributed by atoms with E-state index in [-0.39, 0.29) is 12.5 Å². The van der Waals surface area contributed by atoms with Gasteiger partial charge < -0.3 is 10.8 Å². The number of rotatable bonds is 4. The molecule has 3 N–H and O–H groups in total. The van der Waals surface area contributed by atoms with Crippen molar-refractivity contribution in [3.63, 3.8) is 0 Å². The maximum Gasteiger partial charge on any atom is 0.0886 e. The van der Waals surface area contributed by atoms with Gasteiger partial charge in [0.2, 0.25) is 0 Å². The first-order chi connectivity index (χ1) is 9.54. The Morgan fingerprint density at radius 3 is 2.25 bits per heavy atom. The molecule has 2 nitrogen and oxygen atoms in total. The number of hydrogen-bond donors (Lipinski definition) is 2. The highest BCUT2D eigenvalue weighted by molar-refractivity contribution is 6.33. The SMILES string of the molecule is NCC(c1ccccc1Cl)C(O)c1cc(Cl)ccc1Cl. The van der Waals surface area contributed by atoms with Crippen molar-refractivity contribution in [3.05, 3.63) is 68.7 Å². The van der Waals surface area contributed by atoms with E-state index in [0.29, 0.717) is 20.6 Å². The second kappa shape index (κ2) is 6.79. The largest absolute Gasteiger partial charge is 0.388 e. The number of nitrogens with two attached hydrogens (primary N) is 1. The summed E-state index contributed by atoms with van der Waals surface area (Å²) in [7, 11) is 0. The maximum atomic E-state index is 10.6. The van der Waals surface area contributed by atoms with E-state index in [2.05, 4.69) is 0 Å². The van der Waals surface area contributed by atoms with Gasteiger partial charge in [-0.1, -0.05) is 53.0 Å². The number of aliphatic hydroxyl groups excluding tert-OH is 1. The van der Waals surface area contributed by atoms with E-state index < -0.39 is 6.10 Å². The zero-order valence-electron chi connectivity index (χ0n) is 10.6. The number of hydrogen-bond acceptors (Lipinski definition) is 2. The molecule has 2 aromatic rings. The van der Waals surface area contributed by atoms with E-state index in [9.17, 15) is 5.11 Å². The van der Waals surface area contributed by atoms with Crippen molar-refractivity contribution in [3.8, 4) is 0 Å². The Kier molecular flexibility index (Phi) is 5.30. The fourth-order valence-electron chi connectivity index (χ4n) is 2.16. The van der Waals surface area contributed by atoms with Crippen LogP contribution in [0.15, 0.2) is 42.5 Å². The first kappa shape index (κ1) is 15.6. The third kappa shape index (κ3) is 3.27. The molecule has 2 atom stereocenters. The molecule has 0 saturated carbocycles. The molecule has 0 spiro atoms. The third-order valence-corrected chi connectivity index (χ3v) is 4.14. The van der Waals surface area contributed by atoms with Crippen molar-refractivity contribution in [2.75, 3.05) is 6.54 Å². The molecule has 0 aliphatic rings. The molecule has 0 radical (unpaired) electrons. The van der Waals surface area contributed by atoms with Crippen LogP contribution in [0.5, 0.6) is 0 Å². The molecule has 0 fully saturated rings. The Bertz CT molecular complexity index is 603. The summed E-state index contributed by atoms with van der Waals surface area (Å²) in [6.07, 6.45) is -0.869. The lowest BCUT2D eigenvalue weighted by molar-refractivity contribution is 0.147. The van der Waals surface area contributed by atoms with Crippen molar-refractivity contribution in [2.45, 2.75) is 12.0 Å². The van der Waals surface area contributed by atoms with E-state index in [0.717, 1.165) is 5.56 Å². The molecule has 20 heavy (non-hydrogen) atoms. The number of benzene rings is 2. The molecule has 0 bridgehead atoms. The Balaban J connectivity index is 2.41. The highest BCUT2D eigenvalue weighted by Gasteiger charge is 2.25. The average Bonchev–Trinajstić information content (AvgIpc) is 2.44. The predicted octanol–water partition coefficient (Wildman–Crippen LogP) is 4.42. The first-order valence-electron chi connectivity index (χ1n) is 6.12. The minimum Gasteiger partial charge on any atom is -0.388 e. The third-order valence-electron chi connectivity index (χ3n) is 3.22. The molecule has 0 heterocycles. The summed E-state index contributed by atoms with van der Waals surface area (Å²) in [6, 6.07) is 12.3. The van der Waals surface area contributed by atoms with Crippen LogP contribution in [0, 0.1) is 0 Å². The Hall–Kier alpha value is -0.770. The fraction of sp³-hybridized carbons (Fsp3) is 0.200. The highest BCUT2D eigenvalue weighted by Crippen LogP contribution is 2.37. The van der Waals surface area contributed by atoms with Gasteiger partial charge in [-0.25, -0.2) is 0 Å². The van der Waals surface area contributed by atoms with Gasteiger partial charge in [-0.3, -0.25) is 0 Å². The molecule has 5 heteroatoms. The summed E-state index contributed by atoms with van der Waals surface area (Å²) < 4.78 is 0. The molecule has 2 aromatic carbocycles. The van der Waals surface area contributed by atoms with E-state index >= 15 is 0 Å². The normalized spacial score (nSPS) is 14.1. The first-order valence-corrected chi connectivity index (χ1v) is 7.25. The van der Waals surface area contributed by atoms with E-state index in [4.69, 9.17) is 40.5 Å². The lowest BCUT2D eigenvalue weighted by Crippen LogP contribution is -2.20. The molecule has 2 rings (SSSR count). The van der Waals surface area contributed by atoms with Gasteiger partial charge in [0, 0.05) is 33.1 Å². The molecule has 2 unspecified atom stereocenters. The molecule has 0 saturated heterocycles. The summed E-state index contributed by atoms with van der Waals surface area (Å²) in [5.41, 5.74) is 7.15. The van der Waals surface area contributed by atoms with E-state index in [1.807, 2.05) is 18.2 Å². The van der Waals surface area contributed by atoms with Crippen molar-refractivity contribution in [1.29, 1.82) is 0 Å². The van der Waals surface area contributed by atoms with Crippen LogP contribution in [-0.4, -0.2) is 11.7 Å². The smallest absolute Gasteiger partial charge is 0.0886 e. The Labute approximate surface area is 133 Å². The van der Waals surface area contributed by atoms with Crippen LogP contribution in [0.1, 0.15) is 23.1 Å². The lowest BCUT2D eigenvalue weighted by atomic mass is 9.89. The topological polar surface area (TPSA) is 46.2 Å². The standard InChI is InChI=1S/C15H14Cl3NO/c16-9-5-6-14(18)11(7-9)15(20)12(8-19)10-3-1-2-4-13(10)17/h1-7,12,15,20H,8,19H2. The lowest BCUT2D eigenvalue weighted by Gasteiger charge is -2.24. The molecule has 106 valence electrons. The van der Waals surface area contributed by atoms with Gasteiger partial charge in [0.25, 0.3) is 0 Å². The summed E-state index contributed by atoms with van der Waals surface area (Å²) in [4.78, 5) is 0. The van der Waals surface area contributed by atoms with Gasteiger partial charge in [-0.15, -0.1) is 0 Å². The van der Waals surface area contributed by atoms with Crippen LogP contribution in [0.2, 0.25) is 15.1 Å². The van der Waals surface area contributed by atoms with Gasteiger partial charge in [0.05, 0.1) is 6.10 Å². The van der Waals surface area contributed by atoms with Crippen LogP contribution in [-0.2, 0) is 0 Å². The number of aliphatic hydroxyl groups is 1. The molecule has 0 aliphatic carbocycles. The van der Waals surface area contributed by atoms with Gasteiger partial charge in [0.1, 0.15) is 0 Å². The van der Waals surface area contributed by atoms with Crippen molar-refractivity contribution in [1.82, 2.24) is 0 Å². The van der Waals surface area contributed by atoms with Gasteiger partial charge in [0.15, 0.2) is 0 Å². The zero-order valence-corrected chi connectivity index (χ0v) is 12.8. The minimum atomic E-state index is -0.869. The summed E-state index contributed by atoms with van der Waals surface area (Å²) in [6.45, 7) is 0.244. The molecular weight excluding hydrogens is 317 g/mol. The van der Waals surface area contributed by atoms with Crippen LogP contribution >= 0.6 is 34.8 Å². The zero-order chi connectivity index (χ0) is 14.7. The average molecular weight is 331 g/mol. The van der Waals surface area contributed by atoms with E-state index in [1.165, 1.54) is 0 Å². The second-order valence-electron chi connectivity index (χ2n) is 4.47. The van der Waals surface area contributed by atoms with Crippen LogP contribution in [0.4, 0.5) is 0 Å². The minimum absolute atomic E-state index is 0.244. The quantitative estimate of drug-likeness (QED) is 0.871. The molecule has 0 aromatic heterocycles. The molecule has 0 aliphatic heterocycles. The maximum absolute atomic E-state index is 10.6. The Morgan fingerprint density at radius 2 is 1.60 bits per heavy atom. The van der Waals surface area contributed by atoms with Gasteiger partial charge in [-0.05, 0) is 29.8 Å². The molecule has 0 amide bonds. The monoisotopic (exact) mass is 329 g/mol. The molecular formula is C15H14Cl3NO.